The first-order valence-electron chi connectivity index (χ1n) is 1.46. The van der Waals surface area contributed by atoms with Crippen LogP contribution in [0.1, 0.15) is 0 Å². The minimum Gasteiger partial charge on any atom is -0.841 e. The third kappa shape index (κ3) is 9.37. The SMILES string of the molecule is C[SiH]([O-])O[SiH3].[K+]. The fourth-order valence-electron chi connectivity index (χ4n) is 0. The van der Waals surface area contributed by atoms with Gasteiger partial charge in [0.05, 0.1) is 9.28 Å². The molecule has 0 amide bonds. The molecule has 0 aromatic carbocycles. The molecule has 0 radical (unpaired) electrons. The van der Waals surface area contributed by atoms with Crippen LogP contribution in [0.25, 0.3) is 0 Å². The Kier molecular flexibility index (Phi) is 12.7. The molecule has 0 N–H and O–H groups in total. The van der Waals surface area contributed by atoms with Crippen LogP contribution in [0.2, 0.25) is 6.55 Å². The molecule has 1 unspecified atom stereocenters. The second-order valence-electron chi connectivity index (χ2n) is 0.803. The molecule has 0 spiro atoms. The molecule has 0 fully saturated rings. The Morgan fingerprint density at radius 1 is 1.83 bits per heavy atom. The van der Waals surface area contributed by atoms with Crippen LogP contribution in [-0.4, -0.2) is 19.8 Å². The molecule has 0 heterocycles. The quantitative estimate of drug-likeness (QED) is 0.346. The first-order valence-corrected chi connectivity index (χ1v) is 4.37. The Bertz CT molecular complexity index is 25.5. The maximum absolute atomic E-state index is 9.85. The van der Waals surface area contributed by atoms with Gasteiger partial charge < -0.3 is 8.91 Å². The molecule has 0 aromatic heterocycles. The molecule has 0 aliphatic carbocycles. The van der Waals surface area contributed by atoms with Crippen molar-refractivity contribution in [3.8, 4) is 0 Å². The smallest absolute Gasteiger partial charge is 0.841 e. The fraction of sp³-hybridized carbons (Fsp3) is 1.00. The largest absolute Gasteiger partial charge is 1.00 e. The van der Waals surface area contributed by atoms with Gasteiger partial charge in [0.15, 0.2) is 0 Å². The standard InChI is InChI=1S/CH7O2Si2.K/c1-5(2)3-4;/h5H,1,4H3;/q-1;+1. The molecular weight excluding hydrogens is 139 g/mol. The Balaban J connectivity index is 0. The molecule has 0 saturated carbocycles. The van der Waals surface area contributed by atoms with Crippen molar-refractivity contribution in [1.29, 1.82) is 0 Å². The summed E-state index contributed by atoms with van der Waals surface area (Å²) in [5.41, 5.74) is 0. The van der Waals surface area contributed by atoms with E-state index in [2.05, 4.69) is 4.12 Å². The maximum Gasteiger partial charge on any atom is 1.00 e. The summed E-state index contributed by atoms with van der Waals surface area (Å²) in [4.78, 5) is 9.85. The van der Waals surface area contributed by atoms with E-state index in [4.69, 9.17) is 0 Å². The van der Waals surface area contributed by atoms with Crippen molar-refractivity contribution in [2.45, 2.75) is 6.55 Å². The van der Waals surface area contributed by atoms with Gasteiger partial charge in [-0.3, -0.25) is 0 Å². The van der Waals surface area contributed by atoms with Crippen LogP contribution < -0.4 is 56.2 Å². The van der Waals surface area contributed by atoms with E-state index in [0.717, 1.165) is 0 Å². The summed E-state index contributed by atoms with van der Waals surface area (Å²) in [5, 5.41) is 0. The molecule has 5 heteroatoms. The summed E-state index contributed by atoms with van der Waals surface area (Å²) < 4.78 is 4.47. The first kappa shape index (κ1) is 10.9. The summed E-state index contributed by atoms with van der Waals surface area (Å²) in [7, 11) is -1.22. The van der Waals surface area contributed by atoms with Gasteiger partial charge in [-0.1, -0.05) is 6.55 Å². The average molecular weight is 146 g/mol. The zero-order chi connectivity index (χ0) is 4.28. The average Bonchev–Trinajstić information content (AvgIpc) is 1.38. The Morgan fingerprint density at radius 2 is 2.00 bits per heavy atom. The summed E-state index contributed by atoms with van der Waals surface area (Å²) in [6.45, 7) is 1.62. The predicted molar refractivity (Wildman–Crippen MR) is 24.0 cm³/mol. The van der Waals surface area contributed by atoms with Crippen molar-refractivity contribution < 1.29 is 60.3 Å². The van der Waals surface area contributed by atoms with E-state index in [-0.39, 0.29) is 51.4 Å². The second-order valence-corrected chi connectivity index (χ2v) is 3.82. The van der Waals surface area contributed by atoms with Crippen molar-refractivity contribution in [2.24, 2.45) is 0 Å². The van der Waals surface area contributed by atoms with Gasteiger partial charge in [-0.25, -0.2) is 0 Å². The molecule has 6 heavy (non-hydrogen) atoms. The predicted octanol–water partition coefficient (Wildman–Crippen LogP) is -5.50. The van der Waals surface area contributed by atoms with Crippen LogP contribution in [0.5, 0.6) is 0 Å². The normalized spacial score (nSPS) is 13.0. The van der Waals surface area contributed by atoms with Crippen molar-refractivity contribution >= 4 is 19.8 Å². The van der Waals surface area contributed by atoms with Crippen LogP contribution in [-0.2, 0) is 4.12 Å². The van der Waals surface area contributed by atoms with Crippen LogP contribution >= 0.6 is 0 Å². The van der Waals surface area contributed by atoms with Gasteiger partial charge in [-0.15, -0.1) is 0 Å². The maximum atomic E-state index is 9.85. The van der Waals surface area contributed by atoms with Gasteiger partial charge in [0.25, 0.3) is 0 Å². The van der Waals surface area contributed by atoms with Gasteiger partial charge in [0, 0.05) is 0 Å². The molecule has 32 valence electrons. The van der Waals surface area contributed by atoms with Crippen LogP contribution in [0.15, 0.2) is 0 Å². The monoisotopic (exact) mass is 146 g/mol. The van der Waals surface area contributed by atoms with Gasteiger partial charge in [0.2, 0.25) is 0 Å². The van der Waals surface area contributed by atoms with Crippen molar-refractivity contribution in [1.82, 2.24) is 0 Å². The van der Waals surface area contributed by atoms with Gasteiger partial charge in [-0.2, -0.15) is 0 Å². The van der Waals surface area contributed by atoms with E-state index in [1.807, 2.05) is 0 Å². The van der Waals surface area contributed by atoms with E-state index in [9.17, 15) is 4.80 Å². The Morgan fingerprint density at radius 3 is 2.00 bits per heavy atom. The van der Waals surface area contributed by atoms with Gasteiger partial charge in [-0.05, 0) is 0 Å². The van der Waals surface area contributed by atoms with Crippen LogP contribution in [0.3, 0.4) is 0 Å². The van der Waals surface area contributed by atoms with E-state index in [1.165, 1.54) is 0 Å². The molecule has 2 nitrogen and oxygen atoms in total. The topological polar surface area (TPSA) is 32.3 Å². The molecule has 0 aliphatic heterocycles. The summed E-state index contributed by atoms with van der Waals surface area (Å²) in [6, 6.07) is 0. The van der Waals surface area contributed by atoms with Crippen LogP contribution in [0, 0.1) is 0 Å². The number of rotatable bonds is 1. The Labute approximate surface area is 85.1 Å². The molecule has 0 saturated heterocycles. The van der Waals surface area contributed by atoms with Crippen molar-refractivity contribution in [3.05, 3.63) is 0 Å². The molecule has 0 aromatic rings. The first-order chi connectivity index (χ1) is 2.27. The fourth-order valence-corrected chi connectivity index (χ4v) is 0. The van der Waals surface area contributed by atoms with Gasteiger partial charge in [0.1, 0.15) is 10.5 Å². The van der Waals surface area contributed by atoms with E-state index in [1.54, 1.807) is 6.55 Å². The Hall–Kier alpha value is 1.99. The molecule has 0 aliphatic rings. The summed E-state index contributed by atoms with van der Waals surface area (Å²) in [6.07, 6.45) is 0. The van der Waals surface area contributed by atoms with Crippen molar-refractivity contribution in [2.75, 3.05) is 0 Å². The van der Waals surface area contributed by atoms with Crippen molar-refractivity contribution in [3.63, 3.8) is 0 Å². The van der Waals surface area contributed by atoms with E-state index in [0.29, 0.717) is 10.5 Å². The molecule has 0 rings (SSSR count). The van der Waals surface area contributed by atoms with E-state index < -0.39 is 9.28 Å². The van der Waals surface area contributed by atoms with Crippen LogP contribution in [0.4, 0.5) is 0 Å². The second kappa shape index (κ2) is 6.99. The third-order valence-electron chi connectivity index (χ3n) is 0.332. The third-order valence-corrected chi connectivity index (χ3v) is 2.99. The number of hydrogen-bond acceptors (Lipinski definition) is 2. The minimum absolute atomic E-state index is 0. The zero-order valence-corrected chi connectivity index (χ0v) is 10.7. The molecule has 0 bridgehead atoms. The number of hydrogen-bond donors (Lipinski definition) is 0. The molecular formula is CH7KO2Si2. The van der Waals surface area contributed by atoms with E-state index >= 15 is 0 Å². The summed E-state index contributed by atoms with van der Waals surface area (Å²) in [5.74, 6) is 0. The summed E-state index contributed by atoms with van der Waals surface area (Å²) >= 11 is 0. The molecule has 1 atom stereocenters. The zero-order valence-electron chi connectivity index (χ0n) is 4.39. The van der Waals surface area contributed by atoms with Gasteiger partial charge >= 0.3 is 51.4 Å². The minimum atomic E-state index is -1.84.